The molecule has 0 spiro atoms. The zero-order valence-corrected chi connectivity index (χ0v) is 20.6. The van der Waals surface area contributed by atoms with Crippen LogP contribution in [0.3, 0.4) is 0 Å². The van der Waals surface area contributed by atoms with E-state index in [0.717, 1.165) is 5.56 Å². The number of likely N-dealkylation sites (tertiary alicyclic amines) is 1. The molecule has 1 aliphatic heterocycles. The summed E-state index contributed by atoms with van der Waals surface area (Å²) in [5.74, 6) is -1.18. The third kappa shape index (κ3) is 6.50. The lowest BCUT2D eigenvalue weighted by atomic mass is 9.95. The fraction of sp³-hybridized carbons (Fsp3) is 0.423. The number of ether oxygens (including phenoxy) is 3. The number of alkyl halides is 2. The molecule has 0 radical (unpaired) electrons. The molecular formula is C26H30F2N2O6. The minimum atomic E-state index is -2.98. The molecule has 194 valence electrons. The van der Waals surface area contributed by atoms with Crippen molar-refractivity contribution in [3.05, 3.63) is 59.2 Å². The van der Waals surface area contributed by atoms with Gasteiger partial charge in [0.25, 0.3) is 5.91 Å². The van der Waals surface area contributed by atoms with Crippen LogP contribution in [0.15, 0.2) is 42.5 Å². The van der Waals surface area contributed by atoms with Crippen LogP contribution in [0.2, 0.25) is 0 Å². The Bertz CT molecular complexity index is 1110. The number of methoxy groups -OCH3 is 1. The largest absolute Gasteiger partial charge is 0.487 e. The van der Waals surface area contributed by atoms with Crippen molar-refractivity contribution in [2.45, 2.75) is 51.9 Å². The van der Waals surface area contributed by atoms with Crippen LogP contribution >= 0.6 is 0 Å². The zero-order valence-electron chi connectivity index (χ0n) is 20.6. The lowest BCUT2D eigenvalue weighted by Crippen LogP contribution is -2.42. The number of nitrogens with one attached hydrogen (secondary N) is 1. The van der Waals surface area contributed by atoms with Crippen LogP contribution in [-0.4, -0.2) is 61.6 Å². The van der Waals surface area contributed by atoms with Gasteiger partial charge in [0, 0.05) is 32.0 Å². The van der Waals surface area contributed by atoms with Crippen molar-refractivity contribution in [2.24, 2.45) is 0 Å². The topological polar surface area (TPSA) is 94.2 Å². The summed E-state index contributed by atoms with van der Waals surface area (Å²) in [6.07, 6.45) is 0.280. The number of benzene rings is 2. The van der Waals surface area contributed by atoms with E-state index < -0.39 is 18.5 Å². The molecule has 2 aromatic carbocycles. The SMILES string of the molecule is COC(=O)c1ccccc1C(=O)NC[C@H]1CC(c2ccc(OC(F)F)c(OC(C)C)c2)CN1C(C)=O. The summed E-state index contributed by atoms with van der Waals surface area (Å²) in [6.45, 7) is 2.60. The van der Waals surface area contributed by atoms with Crippen LogP contribution in [-0.2, 0) is 9.53 Å². The highest BCUT2D eigenvalue weighted by Gasteiger charge is 2.35. The molecule has 2 atom stereocenters. The summed E-state index contributed by atoms with van der Waals surface area (Å²) in [4.78, 5) is 38.8. The van der Waals surface area contributed by atoms with Crippen LogP contribution in [0.25, 0.3) is 0 Å². The summed E-state index contributed by atoms with van der Waals surface area (Å²) in [5.41, 5.74) is 1.13. The van der Waals surface area contributed by atoms with Gasteiger partial charge in [-0.1, -0.05) is 18.2 Å². The molecule has 3 rings (SSSR count). The van der Waals surface area contributed by atoms with Gasteiger partial charge >= 0.3 is 12.6 Å². The highest BCUT2D eigenvalue weighted by atomic mass is 19.3. The van der Waals surface area contributed by atoms with Crippen molar-refractivity contribution >= 4 is 17.8 Å². The minimum Gasteiger partial charge on any atom is -0.487 e. The number of hydrogen-bond acceptors (Lipinski definition) is 6. The highest BCUT2D eigenvalue weighted by Crippen LogP contribution is 2.37. The molecule has 0 saturated carbocycles. The van der Waals surface area contributed by atoms with Crippen LogP contribution in [0, 0.1) is 0 Å². The molecule has 2 amide bonds. The fourth-order valence-electron chi connectivity index (χ4n) is 4.33. The number of halogens is 2. The van der Waals surface area contributed by atoms with E-state index in [0.29, 0.717) is 13.0 Å². The zero-order chi connectivity index (χ0) is 26.4. The van der Waals surface area contributed by atoms with Crippen molar-refractivity contribution in [3.63, 3.8) is 0 Å². The normalized spacial score (nSPS) is 17.3. The molecule has 2 aromatic rings. The van der Waals surface area contributed by atoms with E-state index >= 15 is 0 Å². The maximum absolute atomic E-state index is 12.8. The number of esters is 1. The number of hydrogen-bond donors (Lipinski definition) is 1. The first-order valence-corrected chi connectivity index (χ1v) is 11.6. The number of carbonyl (C=O) groups is 3. The Labute approximate surface area is 208 Å². The van der Waals surface area contributed by atoms with Gasteiger partial charge in [0.1, 0.15) is 0 Å². The Kier molecular flexibility index (Phi) is 8.84. The highest BCUT2D eigenvalue weighted by molar-refractivity contribution is 6.05. The van der Waals surface area contributed by atoms with Gasteiger partial charge in [0.2, 0.25) is 5.91 Å². The molecule has 1 aliphatic rings. The first kappa shape index (κ1) is 26.9. The van der Waals surface area contributed by atoms with Gasteiger partial charge in [-0.25, -0.2) is 4.79 Å². The van der Waals surface area contributed by atoms with Gasteiger partial charge in [0.15, 0.2) is 11.5 Å². The van der Waals surface area contributed by atoms with Crippen molar-refractivity contribution in [3.8, 4) is 11.5 Å². The second-order valence-corrected chi connectivity index (χ2v) is 8.76. The van der Waals surface area contributed by atoms with E-state index in [2.05, 4.69) is 10.1 Å². The predicted molar refractivity (Wildman–Crippen MR) is 127 cm³/mol. The lowest BCUT2D eigenvalue weighted by molar-refractivity contribution is -0.129. The minimum absolute atomic E-state index is 0.0584. The van der Waals surface area contributed by atoms with Crippen molar-refractivity contribution < 1.29 is 37.4 Å². The van der Waals surface area contributed by atoms with Gasteiger partial charge in [0.05, 0.1) is 24.3 Å². The second kappa shape index (κ2) is 11.8. The van der Waals surface area contributed by atoms with Gasteiger partial charge in [-0.15, -0.1) is 0 Å². The molecule has 1 heterocycles. The van der Waals surface area contributed by atoms with Crippen LogP contribution in [0.5, 0.6) is 11.5 Å². The van der Waals surface area contributed by atoms with Crippen LogP contribution in [0.4, 0.5) is 8.78 Å². The third-order valence-corrected chi connectivity index (χ3v) is 5.91. The van der Waals surface area contributed by atoms with Gasteiger partial charge in [-0.2, -0.15) is 8.78 Å². The monoisotopic (exact) mass is 504 g/mol. The first-order chi connectivity index (χ1) is 17.1. The first-order valence-electron chi connectivity index (χ1n) is 11.6. The summed E-state index contributed by atoms with van der Waals surface area (Å²) in [5, 5.41) is 2.82. The second-order valence-electron chi connectivity index (χ2n) is 8.76. The molecule has 1 N–H and O–H groups in total. The maximum atomic E-state index is 12.8. The van der Waals surface area contributed by atoms with Gasteiger partial charge in [-0.05, 0) is 50.1 Å². The van der Waals surface area contributed by atoms with Gasteiger partial charge < -0.3 is 24.4 Å². The quantitative estimate of drug-likeness (QED) is 0.519. The van der Waals surface area contributed by atoms with E-state index in [9.17, 15) is 23.2 Å². The molecule has 0 bridgehead atoms. The number of nitrogens with zero attached hydrogens (tertiary/aromatic N) is 1. The van der Waals surface area contributed by atoms with Crippen molar-refractivity contribution in [1.82, 2.24) is 10.2 Å². The fourth-order valence-corrected chi connectivity index (χ4v) is 4.33. The summed E-state index contributed by atoms with van der Waals surface area (Å²) >= 11 is 0. The van der Waals surface area contributed by atoms with Crippen molar-refractivity contribution in [2.75, 3.05) is 20.2 Å². The Morgan fingerprint density at radius 2 is 1.75 bits per heavy atom. The summed E-state index contributed by atoms with van der Waals surface area (Å²) in [7, 11) is 1.24. The van der Waals surface area contributed by atoms with Crippen LogP contribution < -0.4 is 14.8 Å². The lowest BCUT2D eigenvalue weighted by Gasteiger charge is -2.23. The third-order valence-electron chi connectivity index (χ3n) is 5.91. The molecule has 8 nitrogen and oxygen atoms in total. The summed E-state index contributed by atoms with van der Waals surface area (Å²) in [6, 6.07) is 10.8. The van der Waals surface area contributed by atoms with Crippen LogP contribution in [0.1, 0.15) is 59.4 Å². The number of rotatable bonds is 9. The molecule has 36 heavy (non-hydrogen) atoms. The summed E-state index contributed by atoms with van der Waals surface area (Å²) < 4.78 is 40.6. The molecule has 1 saturated heterocycles. The van der Waals surface area contributed by atoms with E-state index in [4.69, 9.17) is 9.47 Å². The maximum Gasteiger partial charge on any atom is 0.387 e. The molecular weight excluding hydrogens is 474 g/mol. The number of carbonyl (C=O) groups excluding carboxylic acids is 3. The molecule has 10 heteroatoms. The Balaban J connectivity index is 1.76. The average molecular weight is 505 g/mol. The van der Waals surface area contributed by atoms with E-state index in [-0.39, 0.29) is 53.1 Å². The molecule has 1 unspecified atom stereocenters. The standard InChI is InChI=1S/C26H30F2N2O6/c1-15(2)35-23-12-17(9-10-22(23)36-26(27)28)18-11-19(30(14-18)16(3)31)13-29-24(32)20-7-5-6-8-21(20)25(33)34-4/h5-10,12,15,18-19,26H,11,13-14H2,1-4H3,(H,29,32)/t18?,19-/m1/s1. The average Bonchev–Trinajstić information content (AvgIpc) is 3.27. The van der Waals surface area contributed by atoms with E-state index in [1.54, 1.807) is 43.0 Å². The smallest absolute Gasteiger partial charge is 0.387 e. The number of amides is 2. The molecule has 0 aromatic heterocycles. The Morgan fingerprint density at radius 3 is 2.36 bits per heavy atom. The van der Waals surface area contributed by atoms with Crippen molar-refractivity contribution in [1.29, 1.82) is 0 Å². The molecule has 1 fully saturated rings. The Hall–Kier alpha value is -3.69. The Morgan fingerprint density at radius 1 is 1.06 bits per heavy atom. The van der Waals surface area contributed by atoms with E-state index in [1.807, 2.05) is 0 Å². The predicted octanol–water partition coefficient (Wildman–Crippen LogP) is 4.00. The van der Waals surface area contributed by atoms with Gasteiger partial charge in [-0.3, -0.25) is 9.59 Å². The van der Waals surface area contributed by atoms with E-state index in [1.165, 1.54) is 32.2 Å². The molecule has 0 aliphatic carbocycles.